The second-order valence-electron chi connectivity index (χ2n) is 5.68. The van der Waals surface area contributed by atoms with Crippen molar-refractivity contribution in [2.75, 3.05) is 6.54 Å². The van der Waals surface area contributed by atoms with E-state index >= 15 is 0 Å². The Labute approximate surface area is 136 Å². The van der Waals surface area contributed by atoms with Crippen LogP contribution in [-0.2, 0) is 16.6 Å². The molecule has 0 aliphatic rings. The van der Waals surface area contributed by atoms with Crippen LogP contribution < -0.4 is 10.0 Å². The number of nitrogens with one attached hydrogen (secondary N) is 2. The minimum Gasteiger partial charge on any atom is -0.452 e. The molecule has 0 aliphatic heterocycles. The van der Waals surface area contributed by atoms with Gasteiger partial charge in [0, 0.05) is 12.1 Å². The van der Waals surface area contributed by atoms with Crippen molar-refractivity contribution in [3.63, 3.8) is 0 Å². The third kappa shape index (κ3) is 6.10. The average Bonchev–Trinajstić information content (AvgIpc) is 2.69. The summed E-state index contributed by atoms with van der Waals surface area (Å²) in [5.74, 6) is 1.04. The minimum absolute atomic E-state index is 0.113. The fourth-order valence-corrected chi connectivity index (χ4v) is 4.39. The molecule has 0 aromatic carbocycles. The molecular weight excluding hydrogens is 356 g/mol. The van der Waals surface area contributed by atoms with Crippen LogP contribution in [0.15, 0.2) is 20.0 Å². The molecule has 0 aliphatic carbocycles. The zero-order chi connectivity index (χ0) is 16.0. The molecule has 1 unspecified atom stereocenters. The van der Waals surface area contributed by atoms with Crippen LogP contribution in [-0.4, -0.2) is 21.0 Å². The first kappa shape index (κ1) is 18.7. The highest BCUT2D eigenvalue weighted by Crippen LogP contribution is 2.26. The summed E-state index contributed by atoms with van der Waals surface area (Å²) >= 11 is 3.19. The monoisotopic (exact) mass is 380 g/mol. The fraction of sp³-hybridized carbons (Fsp3) is 0.714. The summed E-state index contributed by atoms with van der Waals surface area (Å²) in [6.45, 7) is 9.45. The number of rotatable bonds is 9. The normalized spacial score (nSPS) is 13.8. The summed E-state index contributed by atoms with van der Waals surface area (Å²) in [5, 5.41) is 3.18. The number of halogens is 1. The lowest BCUT2D eigenvalue weighted by molar-refractivity contribution is 0.459. The molecule has 122 valence electrons. The summed E-state index contributed by atoms with van der Waals surface area (Å²) in [4.78, 5) is 0.159. The van der Waals surface area contributed by atoms with E-state index in [9.17, 15) is 8.42 Å². The van der Waals surface area contributed by atoms with Crippen molar-refractivity contribution in [1.29, 1.82) is 0 Å². The SMILES string of the molecule is CCCNCc1cc(S(=O)(=O)NC(C)CC(C)C)c(Br)o1. The van der Waals surface area contributed by atoms with Gasteiger partial charge in [-0.2, -0.15) is 0 Å². The van der Waals surface area contributed by atoms with Crippen LogP contribution in [0.3, 0.4) is 0 Å². The number of hydrogen-bond donors (Lipinski definition) is 2. The molecule has 21 heavy (non-hydrogen) atoms. The van der Waals surface area contributed by atoms with Gasteiger partial charge in [-0.15, -0.1) is 0 Å². The molecule has 7 heteroatoms. The molecular formula is C14H25BrN2O3S. The van der Waals surface area contributed by atoms with Crippen LogP contribution in [0, 0.1) is 5.92 Å². The van der Waals surface area contributed by atoms with Gasteiger partial charge in [-0.25, -0.2) is 13.1 Å². The van der Waals surface area contributed by atoms with E-state index in [-0.39, 0.29) is 15.6 Å². The Balaban J connectivity index is 2.78. The van der Waals surface area contributed by atoms with Crippen LogP contribution in [0.25, 0.3) is 0 Å². The highest BCUT2D eigenvalue weighted by molar-refractivity contribution is 9.10. The second kappa shape index (κ2) is 8.31. The van der Waals surface area contributed by atoms with Crippen LogP contribution in [0.1, 0.15) is 46.3 Å². The van der Waals surface area contributed by atoms with E-state index in [0.717, 1.165) is 19.4 Å². The van der Waals surface area contributed by atoms with Gasteiger partial charge in [0.1, 0.15) is 10.7 Å². The van der Waals surface area contributed by atoms with E-state index in [1.54, 1.807) is 6.07 Å². The van der Waals surface area contributed by atoms with Gasteiger partial charge in [0.15, 0.2) is 4.67 Å². The Morgan fingerprint density at radius 3 is 2.57 bits per heavy atom. The van der Waals surface area contributed by atoms with Crippen molar-refractivity contribution in [1.82, 2.24) is 10.0 Å². The van der Waals surface area contributed by atoms with Crippen LogP contribution >= 0.6 is 15.9 Å². The third-order valence-electron chi connectivity index (χ3n) is 2.90. The molecule has 0 spiro atoms. The van der Waals surface area contributed by atoms with Gasteiger partial charge < -0.3 is 9.73 Å². The first-order chi connectivity index (χ1) is 9.76. The maximum Gasteiger partial charge on any atom is 0.245 e. The second-order valence-corrected chi connectivity index (χ2v) is 8.08. The van der Waals surface area contributed by atoms with Crippen molar-refractivity contribution in [2.45, 2.75) is 58.0 Å². The summed E-state index contributed by atoms with van der Waals surface area (Å²) < 4.78 is 33.1. The Morgan fingerprint density at radius 2 is 2.00 bits per heavy atom. The summed E-state index contributed by atoms with van der Waals surface area (Å²) in [7, 11) is -3.56. The number of hydrogen-bond acceptors (Lipinski definition) is 4. The van der Waals surface area contributed by atoms with Gasteiger partial charge >= 0.3 is 0 Å². The molecule has 0 saturated heterocycles. The largest absolute Gasteiger partial charge is 0.452 e. The molecule has 0 fully saturated rings. The van der Waals surface area contributed by atoms with Crippen molar-refractivity contribution >= 4 is 26.0 Å². The Kier molecular flexibility index (Phi) is 7.39. The number of furan rings is 1. The lowest BCUT2D eigenvalue weighted by Crippen LogP contribution is -2.33. The van der Waals surface area contributed by atoms with E-state index in [2.05, 4.69) is 46.7 Å². The van der Waals surface area contributed by atoms with E-state index in [1.807, 2.05) is 6.92 Å². The Hall–Kier alpha value is -0.370. The van der Waals surface area contributed by atoms with Crippen LogP contribution in [0.5, 0.6) is 0 Å². The molecule has 0 bridgehead atoms. The molecule has 1 aromatic heterocycles. The quantitative estimate of drug-likeness (QED) is 0.644. The zero-order valence-electron chi connectivity index (χ0n) is 13.1. The molecule has 1 heterocycles. The number of sulfonamides is 1. The van der Waals surface area contributed by atoms with E-state index in [4.69, 9.17) is 4.42 Å². The highest BCUT2D eigenvalue weighted by Gasteiger charge is 2.24. The Morgan fingerprint density at radius 1 is 1.33 bits per heavy atom. The molecule has 1 rings (SSSR count). The predicted molar refractivity (Wildman–Crippen MR) is 87.6 cm³/mol. The van der Waals surface area contributed by atoms with Gasteiger partial charge in [-0.3, -0.25) is 0 Å². The average molecular weight is 381 g/mol. The standard InChI is InChI=1S/C14H25BrN2O3S/c1-5-6-16-9-12-8-13(14(15)20-12)21(18,19)17-11(4)7-10(2)3/h8,10-11,16-17H,5-7,9H2,1-4H3. The van der Waals surface area contributed by atoms with Gasteiger partial charge in [0.05, 0.1) is 6.54 Å². The third-order valence-corrected chi connectivity index (χ3v) is 5.35. The van der Waals surface area contributed by atoms with Gasteiger partial charge in [0.2, 0.25) is 10.0 Å². The maximum absolute atomic E-state index is 12.4. The van der Waals surface area contributed by atoms with Gasteiger partial charge in [0.25, 0.3) is 0 Å². The van der Waals surface area contributed by atoms with Crippen molar-refractivity contribution in [3.8, 4) is 0 Å². The van der Waals surface area contributed by atoms with E-state index in [0.29, 0.717) is 18.2 Å². The lowest BCUT2D eigenvalue weighted by atomic mass is 10.1. The fourth-order valence-electron chi connectivity index (χ4n) is 2.14. The van der Waals surface area contributed by atoms with E-state index < -0.39 is 10.0 Å². The maximum atomic E-state index is 12.4. The summed E-state index contributed by atoms with van der Waals surface area (Å²) in [6.07, 6.45) is 1.81. The molecule has 5 nitrogen and oxygen atoms in total. The summed E-state index contributed by atoms with van der Waals surface area (Å²) in [6, 6.07) is 1.45. The topological polar surface area (TPSA) is 71.3 Å². The molecule has 1 atom stereocenters. The first-order valence-electron chi connectivity index (χ1n) is 7.27. The molecule has 2 N–H and O–H groups in total. The van der Waals surface area contributed by atoms with Crippen molar-refractivity contribution in [2.24, 2.45) is 5.92 Å². The lowest BCUT2D eigenvalue weighted by Gasteiger charge is -2.15. The van der Waals surface area contributed by atoms with Crippen molar-refractivity contribution in [3.05, 3.63) is 16.5 Å². The molecule has 0 saturated carbocycles. The van der Waals surface area contributed by atoms with Gasteiger partial charge in [-0.1, -0.05) is 20.8 Å². The van der Waals surface area contributed by atoms with Crippen LogP contribution in [0.4, 0.5) is 0 Å². The minimum atomic E-state index is -3.56. The predicted octanol–water partition coefficient (Wildman–Crippen LogP) is 3.25. The first-order valence-corrected chi connectivity index (χ1v) is 9.55. The van der Waals surface area contributed by atoms with Gasteiger partial charge in [-0.05, 0) is 48.2 Å². The smallest absolute Gasteiger partial charge is 0.245 e. The van der Waals surface area contributed by atoms with Crippen LogP contribution in [0.2, 0.25) is 0 Å². The molecule has 1 aromatic rings. The van der Waals surface area contributed by atoms with Crippen molar-refractivity contribution < 1.29 is 12.8 Å². The highest BCUT2D eigenvalue weighted by atomic mass is 79.9. The molecule has 0 radical (unpaired) electrons. The Bertz CT molecular complexity index is 540. The molecule has 0 amide bonds. The zero-order valence-corrected chi connectivity index (χ0v) is 15.5. The summed E-state index contributed by atoms with van der Waals surface area (Å²) in [5.41, 5.74) is 0. The van der Waals surface area contributed by atoms with E-state index in [1.165, 1.54) is 0 Å².